The van der Waals surface area contributed by atoms with E-state index in [-0.39, 0.29) is 51.0 Å². The minimum absolute atomic E-state index is 0. The zero-order valence-electron chi connectivity index (χ0n) is 12.2. The van der Waals surface area contributed by atoms with Gasteiger partial charge in [0.25, 0.3) is 0 Å². The summed E-state index contributed by atoms with van der Waals surface area (Å²) in [5.41, 5.74) is 4.44. The molecule has 107 valence electrons. The van der Waals surface area contributed by atoms with Gasteiger partial charge in [0.05, 0.1) is 0 Å². The summed E-state index contributed by atoms with van der Waals surface area (Å²) in [5, 5.41) is 3.00. The van der Waals surface area contributed by atoms with Crippen LogP contribution in [0.2, 0.25) is 0 Å². The summed E-state index contributed by atoms with van der Waals surface area (Å²) in [4.78, 5) is 0. The van der Waals surface area contributed by atoms with Crippen molar-refractivity contribution in [2.75, 3.05) is 0 Å². The summed E-state index contributed by atoms with van der Waals surface area (Å²) in [5.74, 6) is 0.814. The molecule has 0 saturated heterocycles. The van der Waals surface area contributed by atoms with Crippen molar-refractivity contribution in [1.29, 1.82) is 0 Å². The van der Waals surface area contributed by atoms with E-state index in [0.717, 1.165) is 5.92 Å². The molecule has 20 heavy (non-hydrogen) atoms. The van der Waals surface area contributed by atoms with Gasteiger partial charge < -0.3 is 24.8 Å². The average molecular weight is 387 g/mol. The van der Waals surface area contributed by atoms with E-state index in [2.05, 4.69) is 38.1 Å². The predicted molar refractivity (Wildman–Crippen MR) is 74.8 cm³/mol. The van der Waals surface area contributed by atoms with Crippen LogP contribution in [0.1, 0.15) is 54.7 Å². The second-order valence-electron chi connectivity index (χ2n) is 5.67. The van der Waals surface area contributed by atoms with Crippen LogP contribution in [0, 0.1) is 13.8 Å². The Balaban J connectivity index is 0.00000120. The van der Waals surface area contributed by atoms with Gasteiger partial charge in [-0.3, -0.25) is 0 Å². The van der Waals surface area contributed by atoms with Crippen LogP contribution in [0.4, 0.5) is 0 Å². The van der Waals surface area contributed by atoms with Crippen molar-refractivity contribution in [2.24, 2.45) is 0 Å². The normalized spacial score (nSPS) is 15.1. The molecule has 0 spiro atoms. The zero-order chi connectivity index (χ0) is 11.8. The molecule has 0 aromatic heterocycles. The molecular formula is C17H21Cl2Zr. The molecule has 2 aromatic rings. The fraction of sp³-hybridized carbons (Fsp3) is 0.471. The van der Waals surface area contributed by atoms with Crippen molar-refractivity contribution in [1.82, 2.24) is 0 Å². The largest absolute Gasteiger partial charge is 3.00 e. The number of halogens is 2. The Morgan fingerprint density at radius 1 is 1.00 bits per heavy atom. The molecule has 1 radical (unpaired) electrons. The van der Waals surface area contributed by atoms with Crippen molar-refractivity contribution < 1.29 is 51.0 Å². The molecule has 3 heteroatoms. The molecule has 1 aliphatic rings. The van der Waals surface area contributed by atoms with Crippen LogP contribution < -0.4 is 24.8 Å². The van der Waals surface area contributed by atoms with Crippen molar-refractivity contribution in [3.63, 3.8) is 0 Å². The molecule has 0 nitrogen and oxygen atoms in total. The maximum atomic E-state index is 2.38. The van der Waals surface area contributed by atoms with Gasteiger partial charge in [0.15, 0.2) is 0 Å². The number of hydrogen-bond donors (Lipinski definition) is 0. The molecule has 0 unspecified atom stereocenters. The van der Waals surface area contributed by atoms with Gasteiger partial charge >= 0.3 is 26.2 Å². The molecular weight excluding hydrogens is 366 g/mol. The molecule has 1 saturated carbocycles. The van der Waals surface area contributed by atoms with Gasteiger partial charge in [-0.15, -0.1) is 34.0 Å². The smallest absolute Gasteiger partial charge is 1.00 e. The summed E-state index contributed by atoms with van der Waals surface area (Å²) in [6, 6.07) is 9.42. The van der Waals surface area contributed by atoms with Gasteiger partial charge in [-0.25, -0.2) is 0 Å². The number of benzene rings is 1. The Morgan fingerprint density at radius 2 is 1.65 bits per heavy atom. The van der Waals surface area contributed by atoms with E-state index in [1.165, 1.54) is 54.0 Å². The summed E-state index contributed by atoms with van der Waals surface area (Å²) < 4.78 is 0. The summed E-state index contributed by atoms with van der Waals surface area (Å²) in [7, 11) is 0. The molecule has 0 atom stereocenters. The van der Waals surface area contributed by atoms with Crippen LogP contribution in [0.5, 0.6) is 0 Å². The molecule has 1 aliphatic carbocycles. The van der Waals surface area contributed by atoms with E-state index in [0.29, 0.717) is 0 Å². The summed E-state index contributed by atoms with van der Waals surface area (Å²) >= 11 is 0. The number of rotatable bonds is 1. The molecule has 0 aliphatic heterocycles. The van der Waals surface area contributed by atoms with Crippen molar-refractivity contribution in [2.45, 2.75) is 51.9 Å². The minimum Gasteiger partial charge on any atom is -1.00 e. The Kier molecular flexibility index (Phi) is 8.79. The Hall–Kier alpha value is 0.293. The van der Waals surface area contributed by atoms with E-state index >= 15 is 0 Å². The fourth-order valence-corrected chi connectivity index (χ4v) is 3.38. The van der Waals surface area contributed by atoms with Crippen LogP contribution in [-0.4, -0.2) is 0 Å². The van der Waals surface area contributed by atoms with E-state index in [9.17, 15) is 0 Å². The Labute approximate surface area is 154 Å². The topological polar surface area (TPSA) is 0 Å². The fourth-order valence-electron chi connectivity index (χ4n) is 3.38. The second kappa shape index (κ2) is 8.67. The Morgan fingerprint density at radius 3 is 2.30 bits per heavy atom. The SMILES string of the molecule is Cc1cc2c(C3CCCCC3)ccc(C)c2[cH-]1.[Cl-].[Cl-].[Zr+3]. The summed E-state index contributed by atoms with van der Waals surface area (Å²) in [6.07, 6.45) is 7.05. The number of aryl methyl sites for hydroxylation is 2. The zero-order valence-corrected chi connectivity index (χ0v) is 16.1. The second-order valence-corrected chi connectivity index (χ2v) is 5.67. The van der Waals surface area contributed by atoms with Gasteiger partial charge in [-0.1, -0.05) is 44.7 Å². The van der Waals surface area contributed by atoms with Crippen molar-refractivity contribution in [3.05, 3.63) is 41.0 Å². The van der Waals surface area contributed by atoms with Crippen LogP contribution in [0.15, 0.2) is 24.3 Å². The van der Waals surface area contributed by atoms with Gasteiger partial charge in [-0.05, 0) is 18.8 Å². The molecule has 0 amide bonds. The average Bonchev–Trinajstić information content (AvgIpc) is 2.73. The molecule has 1 fully saturated rings. The first kappa shape index (κ1) is 20.3. The first-order valence-electron chi connectivity index (χ1n) is 6.92. The van der Waals surface area contributed by atoms with Crippen LogP contribution in [0.25, 0.3) is 10.8 Å². The summed E-state index contributed by atoms with van der Waals surface area (Å²) in [6.45, 7) is 4.44. The third kappa shape index (κ3) is 3.93. The van der Waals surface area contributed by atoms with Gasteiger partial charge in [0.2, 0.25) is 0 Å². The van der Waals surface area contributed by atoms with Gasteiger partial charge in [-0.2, -0.15) is 6.07 Å². The van der Waals surface area contributed by atoms with Crippen molar-refractivity contribution in [3.8, 4) is 0 Å². The van der Waals surface area contributed by atoms with Crippen LogP contribution in [-0.2, 0) is 26.2 Å². The quantitative estimate of drug-likeness (QED) is 0.564. The first-order chi connectivity index (χ1) is 8.25. The van der Waals surface area contributed by atoms with E-state index in [1.54, 1.807) is 5.56 Å². The predicted octanol–water partition coefficient (Wildman–Crippen LogP) is -0.771. The maximum absolute atomic E-state index is 2.38. The molecule has 0 N–H and O–H groups in total. The molecule has 0 bridgehead atoms. The van der Waals surface area contributed by atoms with Crippen LogP contribution >= 0.6 is 0 Å². The third-order valence-electron chi connectivity index (χ3n) is 4.33. The maximum Gasteiger partial charge on any atom is 3.00 e. The van der Waals surface area contributed by atoms with Crippen LogP contribution in [0.3, 0.4) is 0 Å². The van der Waals surface area contributed by atoms with E-state index in [1.807, 2.05) is 0 Å². The minimum atomic E-state index is 0. The number of hydrogen-bond acceptors (Lipinski definition) is 0. The van der Waals surface area contributed by atoms with Crippen molar-refractivity contribution >= 4 is 10.8 Å². The van der Waals surface area contributed by atoms with Gasteiger partial charge in [0.1, 0.15) is 0 Å². The Bertz CT molecular complexity index is 539. The standard InChI is InChI=1S/C17H21.2ClH.Zr/c1-12-10-16-13(2)8-9-15(17(16)11-12)14-6-4-3-5-7-14;;;/h8-11,14H,3-7H2,1-2H3;2*1H;/q-1;;;+3/p-2. The third-order valence-corrected chi connectivity index (χ3v) is 4.33. The number of fused-ring (bicyclic) bond motifs is 1. The first-order valence-corrected chi connectivity index (χ1v) is 6.92. The van der Waals surface area contributed by atoms with Gasteiger partial charge in [0, 0.05) is 0 Å². The molecule has 2 aromatic carbocycles. The monoisotopic (exact) mass is 385 g/mol. The molecule has 0 heterocycles. The van der Waals surface area contributed by atoms with E-state index in [4.69, 9.17) is 0 Å². The van der Waals surface area contributed by atoms with E-state index < -0.39 is 0 Å². The molecule has 3 rings (SSSR count).